The predicted molar refractivity (Wildman–Crippen MR) is 123 cm³/mol. The third kappa shape index (κ3) is 4.06. The van der Waals surface area contributed by atoms with E-state index in [9.17, 15) is 13.2 Å². The molecule has 1 amide bonds. The van der Waals surface area contributed by atoms with Gasteiger partial charge in [-0.25, -0.2) is 8.42 Å². The number of anilines is 1. The first kappa shape index (κ1) is 21.4. The molecule has 0 spiro atoms. The van der Waals surface area contributed by atoms with E-state index in [-0.39, 0.29) is 4.91 Å². The quantitative estimate of drug-likeness (QED) is 0.469. The molecule has 3 aromatic rings. The molecule has 8 heteroatoms. The molecular formula is C23H17Cl2NO4S. The number of benzene rings is 3. The third-order valence-electron chi connectivity index (χ3n) is 4.94. The maximum Gasteiger partial charge on any atom is 0.271 e. The van der Waals surface area contributed by atoms with E-state index >= 15 is 0 Å². The summed E-state index contributed by atoms with van der Waals surface area (Å²) < 4.78 is 32.2. The zero-order chi connectivity index (χ0) is 22.2. The zero-order valence-electron chi connectivity index (χ0n) is 16.3. The summed E-state index contributed by atoms with van der Waals surface area (Å²) in [6, 6.07) is 19.7. The van der Waals surface area contributed by atoms with Gasteiger partial charge in [-0.1, -0.05) is 47.5 Å². The van der Waals surface area contributed by atoms with Gasteiger partial charge in [-0.05, 0) is 65.7 Å². The molecule has 158 valence electrons. The number of rotatable bonds is 4. The molecule has 1 fully saturated rings. The first-order valence-electron chi connectivity index (χ1n) is 9.25. The molecule has 1 unspecified atom stereocenters. The summed E-state index contributed by atoms with van der Waals surface area (Å²) in [5.41, 5.74) is 1.43. The summed E-state index contributed by atoms with van der Waals surface area (Å²) in [4.78, 5) is 14.4. The van der Waals surface area contributed by atoms with Gasteiger partial charge in [0, 0.05) is 15.7 Å². The van der Waals surface area contributed by atoms with Crippen molar-refractivity contribution in [2.24, 2.45) is 0 Å². The number of ether oxygens (including phenoxy) is 1. The van der Waals surface area contributed by atoms with Crippen molar-refractivity contribution >= 4 is 50.7 Å². The van der Waals surface area contributed by atoms with Crippen LogP contribution in [0.2, 0.25) is 10.0 Å². The lowest BCUT2D eigenvalue weighted by atomic mass is 10.1. The maximum atomic E-state index is 13.6. The molecule has 31 heavy (non-hydrogen) atoms. The van der Waals surface area contributed by atoms with E-state index in [0.29, 0.717) is 32.6 Å². The smallest absolute Gasteiger partial charge is 0.271 e. The van der Waals surface area contributed by atoms with Crippen LogP contribution < -0.4 is 9.64 Å². The lowest BCUT2D eigenvalue weighted by molar-refractivity contribution is -0.114. The number of hydrogen-bond acceptors (Lipinski definition) is 4. The second-order valence-corrected chi connectivity index (χ2v) is 9.73. The molecular weight excluding hydrogens is 457 g/mol. The first-order valence-corrected chi connectivity index (χ1v) is 11.6. The highest BCUT2D eigenvalue weighted by atomic mass is 35.5. The molecule has 0 saturated carbocycles. The Hall–Kier alpha value is -2.80. The van der Waals surface area contributed by atoms with Crippen molar-refractivity contribution in [3.63, 3.8) is 0 Å². The summed E-state index contributed by atoms with van der Waals surface area (Å²) >= 11 is 12.0. The molecule has 0 aliphatic carbocycles. The Bertz CT molecular complexity index is 1250. The monoisotopic (exact) mass is 473 g/mol. The van der Waals surface area contributed by atoms with E-state index in [1.807, 2.05) is 0 Å². The average molecular weight is 474 g/mol. The highest BCUT2D eigenvalue weighted by molar-refractivity contribution is 7.97. The van der Waals surface area contributed by atoms with Gasteiger partial charge in [0.05, 0.1) is 7.11 Å². The summed E-state index contributed by atoms with van der Waals surface area (Å²) in [7, 11) is -2.49. The van der Waals surface area contributed by atoms with Crippen LogP contribution in [0.1, 0.15) is 16.5 Å². The Morgan fingerprint density at radius 3 is 1.97 bits per heavy atom. The minimum Gasteiger partial charge on any atom is -0.497 e. The van der Waals surface area contributed by atoms with Crippen LogP contribution in [0, 0.1) is 0 Å². The van der Waals surface area contributed by atoms with E-state index in [4.69, 9.17) is 27.9 Å². The Morgan fingerprint density at radius 1 is 0.871 bits per heavy atom. The number of amides is 1. The standard InChI is InChI=1S/C23H17Cl2NO4S/c1-30-20-12-2-15(3-13-20)14-21-22(27)26(19-10-8-18(25)9-11-19)23(31(21,28)29)16-4-6-17(24)7-5-16/h2-14,23H,1H3/b21-14+. The minimum absolute atomic E-state index is 0.285. The van der Waals surface area contributed by atoms with Crippen LogP contribution in [0.5, 0.6) is 5.75 Å². The molecule has 1 aliphatic rings. The topological polar surface area (TPSA) is 63.7 Å². The van der Waals surface area contributed by atoms with E-state index in [1.165, 1.54) is 11.0 Å². The van der Waals surface area contributed by atoms with Crippen molar-refractivity contribution in [3.05, 3.63) is 98.9 Å². The second kappa shape index (κ2) is 8.38. The van der Waals surface area contributed by atoms with Gasteiger partial charge in [-0.15, -0.1) is 0 Å². The first-order chi connectivity index (χ1) is 14.8. The van der Waals surface area contributed by atoms with Gasteiger partial charge >= 0.3 is 0 Å². The van der Waals surface area contributed by atoms with Gasteiger partial charge in [-0.3, -0.25) is 9.69 Å². The lowest BCUT2D eigenvalue weighted by Crippen LogP contribution is -2.28. The number of carbonyl (C=O) groups excluding carboxylic acids is 1. The summed E-state index contributed by atoms with van der Waals surface area (Å²) in [6.07, 6.45) is 1.38. The Morgan fingerprint density at radius 2 is 1.42 bits per heavy atom. The lowest BCUT2D eigenvalue weighted by Gasteiger charge is -2.23. The Kier molecular flexibility index (Phi) is 5.79. The summed E-state index contributed by atoms with van der Waals surface area (Å²) in [5, 5.41) is -0.268. The molecule has 1 atom stereocenters. The van der Waals surface area contributed by atoms with E-state index in [0.717, 1.165) is 0 Å². The van der Waals surface area contributed by atoms with Crippen LogP contribution >= 0.6 is 23.2 Å². The molecule has 0 bridgehead atoms. The molecule has 4 rings (SSSR count). The SMILES string of the molecule is COc1ccc(/C=C2\C(=O)N(c3ccc(Cl)cc3)C(c3ccc(Cl)cc3)S2(=O)=O)cc1. The van der Waals surface area contributed by atoms with Crippen LogP contribution in [0.3, 0.4) is 0 Å². The number of halogens is 2. The van der Waals surface area contributed by atoms with Crippen LogP contribution in [0.15, 0.2) is 77.7 Å². The van der Waals surface area contributed by atoms with Gasteiger partial charge in [0.15, 0.2) is 5.37 Å². The molecule has 5 nitrogen and oxygen atoms in total. The zero-order valence-corrected chi connectivity index (χ0v) is 18.7. The van der Waals surface area contributed by atoms with Crippen molar-refractivity contribution in [2.75, 3.05) is 12.0 Å². The van der Waals surface area contributed by atoms with Crippen LogP contribution in [-0.2, 0) is 14.6 Å². The number of nitrogens with zero attached hydrogens (tertiary/aromatic N) is 1. The van der Waals surface area contributed by atoms with Crippen molar-refractivity contribution in [1.29, 1.82) is 0 Å². The molecule has 1 aliphatic heterocycles. The van der Waals surface area contributed by atoms with Crippen molar-refractivity contribution in [3.8, 4) is 5.75 Å². The highest BCUT2D eigenvalue weighted by Crippen LogP contribution is 2.43. The van der Waals surface area contributed by atoms with E-state index < -0.39 is 21.1 Å². The van der Waals surface area contributed by atoms with Crippen LogP contribution in [-0.4, -0.2) is 21.4 Å². The van der Waals surface area contributed by atoms with Gasteiger partial charge in [-0.2, -0.15) is 0 Å². The fourth-order valence-corrected chi connectivity index (χ4v) is 5.56. The fraction of sp³-hybridized carbons (Fsp3) is 0.0870. The van der Waals surface area contributed by atoms with Gasteiger partial charge in [0.1, 0.15) is 10.7 Å². The Balaban J connectivity index is 1.87. The fourth-order valence-electron chi connectivity index (χ4n) is 3.41. The number of methoxy groups -OCH3 is 1. The summed E-state index contributed by atoms with van der Waals surface area (Å²) in [5.74, 6) is 0.0164. The van der Waals surface area contributed by atoms with E-state index in [1.54, 1.807) is 79.9 Å². The van der Waals surface area contributed by atoms with E-state index in [2.05, 4.69) is 0 Å². The highest BCUT2D eigenvalue weighted by Gasteiger charge is 2.50. The Labute approximate surface area is 190 Å². The van der Waals surface area contributed by atoms with Crippen LogP contribution in [0.4, 0.5) is 5.69 Å². The number of sulfone groups is 1. The van der Waals surface area contributed by atoms with Crippen LogP contribution in [0.25, 0.3) is 6.08 Å². The predicted octanol–water partition coefficient (Wildman–Crippen LogP) is 5.50. The normalized spacial score (nSPS) is 19.1. The van der Waals surface area contributed by atoms with Gasteiger partial charge in [0.2, 0.25) is 9.84 Å². The molecule has 1 saturated heterocycles. The van der Waals surface area contributed by atoms with Gasteiger partial charge in [0.25, 0.3) is 5.91 Å². The molecule has 0 radical (unpaired) electrons. The number of hydrogen-bond donors (Lipinski definition) is 0. The molecule has 1 heterocycles. The second-order valence-electron chi connectivity index (χ2n) is 6.88. The molecule has 0 aromatic heterocycles. The van der Waals surface area contributed by atoms with Gasteiger partial charge < -0.3 is 4.74 Å². The molecule has 0 N–H and O–H groups in total. The van der Waals surface area contributed by atoms with Crippen molar-refractivity contribution < 1.29 is 17.9 Å². The number of carbonyl (C=O) groups is 1. The maximum absolute atomic E-state index is 13.6. The van der Waals surface area contributed by atoms with Crippen molar-refractivity contribution in [1.82, 2.24) is 0 Å². The largest absolute Gasteiger partial charge is 0.497 e. The minimum atomic E-state index is -4.03. The third-order valence-corrected chi connectivity index (χ3v) is 7.42. The summed E-state index contributed by atoms with van der Waals surface area (Å²) in [6.45, 7) is 0. The average Bonchev–Trinajstić information content (AvgIpc) is 2.96. The van der Waals surface area contributed by atoms with Crippen molar-refractivity contribution in [2.45, 2.75) is 5.37 Å². The molecule has 3 aromatic carbocycles.